The molecule has 0 saturated heterocycles. The van der Waals surface area contributed by atoms with Crippen molar-refractivity contribution in [2.75, 3.05) is 11.4 Å². The van der Waals surface area contributed by atoms with Gasteiger partial charge in [-0.15, -0.1) is 0 Å². The molecule has 3 rings (SSSR count). The molecule has 0 spiro atoms. The minimum absolute atomic E-state index is 0.161. The van der Waals surface area contributed by atoms with Crippen LogP contribution in [-0.4, -0.2) is 12.5 Å². The SMILES string of the molecule is O=C(C=Cc1c(F)cccc1Cl)N1CCCc2ccccc21. The van der Waals surface area contributed by atoms with Gasteiger partial charge in [-0.05, 0) is 42.7 Å². The summed E-state index contributed by atoms with van der Waals surface area (Å²) in [5, 5.41) is 0.295. The number of carbonyl (C=O) groups is 1. The number of aryl methyl sites for hydroxylation is 1. The Bertz CT molecular complexity index is 721. The molecule has 0 radical (unpaired) electrons. The van der Waals surface area contributed by atoms with Crippen LogP contribution in [0, 0.1) is 5.82 Å². The standard InChI is InChI=1S/C18H15ClFNO/c19-15-7-3-8-16(20)14(15)10-11-18(22)21-12-4-6-13-5-1-2-9-17(13)21/h1-3,5,7-11H,4,6,12H2. The van der Waals surface area contributed by atoms with E-state index in [-0.39, 0.29) is 11.5 Å². The van der Waals surface area contributed by atoms with Crippen LogP contribution in [0.25, 0.3) is 6.08 Å². The van der Waals surface area contributed by atoms with Crippen molar-refractivity contribution >= 4 is 29.3 Å². The van der Waals surface area contributed by atoms with Crippen LogP contribution < -0.4 is 4.90 Å². The predicted octanol–water partition coefficient (Wildman–Crippen LogP) is 4.47. The highest BCUT2D eigenvalue weighted by Crippen LogP contribution is 2.27. The average Bonchev–Trinajstić information content (AvgIpc) is 2.53. The van der Waals surface area contributed by atoms with Crippen LogP contribution in [0.2, 0.25) is 5.02 Å². The molecule has 2 aromatic carbocycles. The number of benzene rings is 2. The molecule has 0 unspecified atom stereocenters. The summed E-state index contributed by atoms with van der Waals surface area (Å²) in [7, 11) is 0. The van der Waals surface area contributed by atoms with Crippen LogP contribution in [0.1, 0.15) is 17.5 Å². The molecule has 4 heteroatoms. The van der Waals surface area contributed by atoms with Crippen molar-refractivity contribution in [1.29, 1.82) is 0 Å². The van der Waals surface area contributed by atoms with Gasteiger partial charge in [0.05, 0.1) is 5.02 Å². The van der Waals surface area contributed by atoms with Gasteiger partial charge in [-0.3, -0.25) is 4.79 Å². The fourth-order valence-electron chi connectivity index (χ4n) is 2.68. The molecule has 112 valence electrons. The summed E-state index contributed by atoms with van der Waals surface area (Å²) in [5.41, 5.74) is 2.34. The van der Waals surface area contributed by atoms with Gasteiger partial charge in [-0.1, -0.05) is 35.9 Å². The second kappa shape index (κ2) is 6.32. The van der Waals surface area contributed by atoms with Crippen LogP contribution in [0.15, 0.2) is 48.5 Å². The summed E-state index contributed by atoms with van der Waals surface area (Å²) < 4.78 is 13.7. The molecule has 0 bridgehead atoms. The Morgan fingerprint density at radius 3 is 2.82 bits per heavy atom. The van der Waals surface area contributed by atoms with Crippen molar-refractivity contribution in [3.63, 3.8) is 0 Å². The average molecular weight is 316 g/mol. The molecule has 0 atom stereocenters. The summed E-state index contributed by atoms with van der Waals surface area (Å²) in [6.07, 6.45) is 4.73. The zero-order valence-corrected chi connectivity index (χ0v) is 12.7. The summed E-state index contributed by atoms with van der Waals surface area (Å²) in [4.78, 5) is 14.2. The highest BCUT2D eigenvalue weighted by Gasteiger charge is 2.20. The topological polar surface area (TPSA) is 20.3 Å². The molecule has 1 aliphatic rings. The third kappa shape index (κ3) is 2.90. The van der Waals surface area contributed by atoms with Crippen LogP contribution in [-0.2, 0) is 11.2 Å². The van der Waals surface area contributed by atoms with E-state index in [1.807, 2.05) is 24.3 Å². The van der Waals surface area contributed by atoms with Gasteiger partial charge in [-0.2, -0.15) is 0 Å². The predicted molar refractivity (Wildman–Crippen MR) is 87.6 cm³/mol. The number of amides is 1. The van der Waals surface area contributed by atoms with E-state index in [0.29, 0.717) is 11.6 Å². The van der Waals surface area contributed by atoms with Gasteiger partial charge in [-0.25, -0.2) is 4.39 Å². The summed E-state index contributed by atoms with van der Waals surface area (Å²) in [6.45, 7) is 0.672. The Hall–Kier alpha value is -2.13. The normalized spacial score (nSPS) is 14.2. The van der Waals surface area contributed by atoms with Crippen molar-refractivity contribution in [1.82, 2.24) is 0 Å². The molecule has 22 heavy (non-hydrogen) atoms. The van der Waals surface area contributed by atoms with E-state index in [1.165, 1.54) is 29.8 Å². The quantitative estimate of drug-likeness (QED) is 0.749. The number of fused-ring (bicyclic) bond motifs is 1. The summed E-state index contributed by atoms with van der Waals surface area (Å²) in [5.74, 6) is -0.595. The van der Waals surface area contributed by atoms with Crippen molar-refractivity contribution in [3.8, 4) is 0 Å². The number of rotatable bonds is 2. The van der Waals surface area contributed by atoms with Gasteiger partial charge >= 0.3 is 0 Å². The van der Waals surface area contributed by atoms with Crippen LogP contribution in [0.3, 0.4) is 0 Å². The molecule has 2 nitrogen and oxygen atoms in total. The second-order valence-corrected chi connectivity index (χ2v) is 5.60. The largest absolute Gasteiger partial charge is 0.309 e. The third-order valence-electron chi connectivity index (χ3n) is 3.77. The number of hydrogen-bond acceptors (Lipinski definition) is 1. The van der Waals surface area contributed by atoms with Gasteiger partial charge in [0.1, 0.15) is 5.82 Å². The lowest BCUT2D eigenvalue weighted by atomic mass is 10.0. The van der Waals surface area contributed by atoms with Crippen LogP contribution >= 0.6 is 11.6 Å². The van der Waals surface area contributed by atoms with Gasteiger partial charge in [0.25, 0.3) is 5.91 Å². The molecule has 0 fully saturated rings. The van der Waals surface area contributed by atoms with Crippen molar-refractivity contribution in [3.05, 3.63) is 70.5 Å². The van der Waals surface area contributed by atoms with E-state index in [1.54, 1.807) is 11.0 Å². The molecule has 0 aromatic heterocycles. The van der Waals surface area contributed by atoms with Crippen molar-refractivity contribution < 1.29 is 9.18 Å². The number of halogens is 2. The first kappa shape index (κ1) is 14.8. The minimum Gasteiger partial charge on any atom is -0.309 e. The van der Waals surface area contributed by atoms with Gasteiger partial charge in [0.2, 0.25) is 0 Å². The highest BCUT2D eigenvalue weighted by molar-refractivity contribution is 6.32. The fourth-order valence-corrected chi connectivity index (χ4v) is 2.90. The van der Waals surface area contributed by atoms with Gasteiger partial charge in [0.15, 0.2) is 0 Å². The lowest BCUT2D eigenvalue weighted by Gasteiger charge is -2.28. The van der Waals surface area contributed by atoms with E-state index in [2.05, 4.69) is 0 Å². The Morgan fingerprint density at radius 1 is 1.18 bits per heavy atom. The molecule has 2 aromatic rings. The number of carbonyl (C=O) groups excluding carboxylic acids is 1. The van der Waals surface area contributed by atoms with Crippen molar-refractivity contribution in [2.45, 2.75) is 12.8 Å². The molecule has 0 saturated carbocycles. The van der Waals surface area contributed by atoms with Gasteiger partial charge in [0, 0.05) is 23.9 Å². The molecule has 1 amide bonds. The molecule has 1 aliphatic heterocycles. The molecular weight excluding hydrogens is 301 g/mol. The molecule has 0 aliphatic carbocycles. The smallest absolute Gasteiger partial charge is 0.251 e. The van der Waals surface area contributed by atoms with Gasteiger partial charge < -0.3 is 4.90 Å². The maximum atomic E-state index is 13.7. The van der Waals surface area contributed by atoms with Crippen molar-refractivity contribution in [2.24, 2.45) is 0 Å². The van der Waals surface area contributed by atoms with E-state index < -0.39 is 5.82 Å². The monoisotopic (exact) mass is 315 g/mol. The van der Waals surface area contributed by atoms with E-state index in [0.717, 1.165) is 18.5 Å². The third-order valence-corrected chi connectivity index (χ3v) is 4.10. The number of anilines is 1. The first-order chi connectivity index (χ1) is 10.7. The first-order valence-corrected chi connectivity index (χ1v) is 7.56. The summed E-state index contributed by atoms with van der Waals surface area (Å²) in [6, 6.07) is 12.3. The maximum Gasteiger partial charge on any atom is 0.251 e. The van der Waals surface area contributed by atoms with E-state index >= 15 is 0 Å². The van der Waals surface area contributed by atoms with Crippen LogP contribution in [0.4, 0.5) is 10.1 Å². The Morgan fingerprint density at radius 2 is 2.00 bits per heavy atom. The number of para-hydroxylation sites is 1. The second-order valence-electron chi connectivity index (χ2n) is 5.19. The zero-order valence-electron chi connectivity index (χ0n) is 11.9. The number of nitrogens with zero attached hydrogens (tertiary/aromatic N) is 1. The lowest BCUT2D eigenvalue weighted by Crippen LogP contribution is -2.34. The Balaban J connectivity index is 1.86. The molecule has 1 heterocycles. The maximum absolute atomic E-state index is 13.7. The molecular formula is C18H15ClFNO. The Labute approximate surface area is 133 Å². The minimum atomic E-state index is -0.435. The fraction of sp³-hybridized carbons (Fsp3) is 0.167. The summed E-state index contributed by atoms with van der Waals surface area (Å²) >= 11 is 5.96. The Kier molecular flexibility index (Phi) is 4.25. The van der Waals surface area contributed by atoms with E-state index in [9.17, 15) is 9.18 Å². The molecule has 0 N–H and O–H groups in total. The zero-order chi connectivity index (χ0) is 15.5. The first-order valence-electron chi connectivity index (χ1n) is 7.18. The highest BCUT2D eigenvalue weighted by atomic mass is 35.5. The van der Waals surface area contributed by atoms with E-state index in [4.69, 9.17) is 11.6 Å². The lowest BCUT2D eigenvalue weighted by molar-refractivity contribution is -0.114. The van der Waals surface area contributed by atoms with Crippen LogP contribution in [0.5, 0.6) is 0 Å². The number of hydrogen-bond donors (Lipinski definition) is 0.